The fourth-order valence-corrected chi connectivity index (χ4v) is 7.79. The van der Waals surface area contributed by atoms with Crippen LogP contribution < -0.4 is 0 Å². The molecule has 0 spiro atoms. The van der Waals surface area contributed by atoms with Gasteiger partial charge in [0.25, 0.3) is 0 Å². The number of Topliss-reactive ketones (excluding diaryl/α,β-unsaturated/α-hetero) is 1. The van der Waals surface area contributed by atoms with Crippen LogP contribution in [-0.2, 0) is 9.59 Å². The van der Waals surface area contributed by atoms with E-state index >= 15 is 0 Å². The lowest BCUT2D eigenvalue weighted by molar-refractivity contribution is -0.129. The highest BCUT2D eigenvalue weighted by Gasteiger charge is 2.61. The van der Waals surface area contributed by atoms with Gasteiger partial charge in [-0.15, -0.1) is 0 Å². The maximum Gasteiger partial charge on any atom is 0.155 e. The second-order valence-corrected chi connectivity index (χ2v) is 9.81. The Hall–Kier alpha value is -0.920. The van der Waals surface area contributed by atoms with Crippen molar-refractivity contribution in [2.24, 2.45) is 40.4 Å². The molecule has 0 aromatic carbocycles. The van der Waals surface area contributed by atoms with Crippen LogP contribution in [0.3, 0.4) is 0 Å². The van der Waals surface area contributed by atoms with Gasteiger partial charge in [-0.05, 0) is 86.0 Å². The number of carbonyl (C=O) groups excluding carboxylic acids is 2. The molecule has 2 nitrogen and oxygen atoms in total. The zero-order chi connectivity index (χ0) is 17.3. The highest BCUT2D eigenvalue weighted by molar-refractivity contribution is 5.91. The predicted molar refractivity (Wildman–Crippen MR) is 95.4 cm³/mol. The van der Waals surface area contributed by atoms with E-state index in [0.717, 1.165) is 31.1 Å². The summed E-state index contributed by atoms with van der Waals surface area (Å²) in [4.78, 5) is 24.3. The average Bonchev–Trinajstić information content (AvgIpc) is 2.78. The van der Waals surface area contributed by atoms with E-state index in [0.29, 0.717) is 23.4 Å². The Kier molecular flexibility index (Phi) is 3.64. The van der Waals surface area contributed by atoms with Gasteiger partial charge in [0.2, 0.25) is 0 Å². The number of ketones is 2. The normalized spacial score (nSPS) is 50.6. The Morgan fingerprint density at radius 3 is 2.58 bits per heavy atom. The molecule has 2 heteroatoms. The first-order chi connectivity index (χ1) is 11.3. The van der Waals surface area contributed by atoms with E-state index in [1.165, 1.54) is 31.3 Å². The fourth-order valence-electron chi connectivity index (χ4n) is 7.79. The third kappa shape index (κ3) is 2.07. The van der Waals surface area contributed by atoms with Crippen LogP contribution in [0, 0.1) is 40.4 Å². The van der Waals surface area contributed by atoms with Crippen LogP contribution in [0.15, 0.2) is 11.6 Å². The molecule has 0 amide bonds. The maximum atomic E-state index is 12.4. The van der Waals surface area contributed by atoms with Crippen LogP contribution in [-0.4, -0.2) is 11.6 Å². The van der Waals surface area contributed by atoms with E-state index in [-0.39, 0.29) is 16.7 Å². The van der Waals surface area contributed by atoms with Crippen LogP contribution >= 0.6 is 0 Å². The molecule has 0 aromatic heterocycles. The van der Waals surface area contributed by atoms with Crippen LogP contribution in [0.25, 0.3) is 0 Å². The Bertz CT molecular complexity index is 617. The molecular formula is C22H32O2. The molecule has 4 rings (SSSR count). The van der Waals surface area contributed by atoms with Gasteiger partial charge in [-0.25, -0.2) is 0 Å². The third-order valence-corrected chi connectivity index (χ3v) is 8.74. The summed E-state index contributed by atoms with van der Waals surface area (Å²) in [5, 5.41) is 0. The summed E-state index contributed by atoms with van der Waals surface area (Å²) >= 11 is 0. The van der Waals surface area contributed by atoms with E-state index in [4.69, 9.17) is 0 Å². The lowest BCUT2D eigenvalue weighted by Crippen LogP contribution is -2.51. The molecule has 0 aromatic rings. The van der Waals surface area contributed by atoms with E-state index in [1.54, 1.807) is 0 Å². The summed E-state index contributed by atoms with van der Waals surface area (Å²) in [6.07, 6.45) is 9.79. The molecule has 0 unspecified atom stereocenters. The summed E-state index contributed by atoms with van der Waals surface area (Å²) in [6, 6.07) is 0. The van der Waals surface area contributed by atoms with Crippen LogP contribution in [0.5, 0.6) is 0 Å². The molecule has 3 fully saturated rings. The van der Waals surface area contributed by atoms with Gasteiger partial charge in [0.05, 0.1) is 0 Å². The van der Waals surface area contributed by atoms with Gasteiger partial charge in [0.1, 0.15) is 5.78 Å². The minimum absolute atomic E-state index is 0.217. The first-order valence-corrected chi connectivity index (χ1v) is 10.0. The quantitative estimate of drug-likeness (QED) is 0.681. The Balaban J connectivity index is 1.69. The lowest BCUT2D eigenvalue weighted by atomic mass is 9.46. The predicted octanol–water partition coefficient (Wildman–Crippen LogP) is 4.97. The number of allylic oxidation sites excluding steroid dienone is 1. The van der Waals surface area contributed by atoms with Gasteiger partial charge in [-0.1, -0.05) is 26.3 Å². The number of hydrogen-bond acceptors (Lipinski definition) is 2. The second-order valence-electron chi connectivity index (χ2n) is 9.81. The highest BCUT2D eigenvalue weighted by atomic mass is 16.1. The zero-order valence-corrected chi connectivity index (χ0v) is 15.7. The molecule has 0 radical (unpaired) electrons. The van der Waals surface area contributed by atoms with Crippen molar-refractivity contribution in [2.75, 3.05) is 0 Å². The van der Waals surface area contributed by atoms with Crippen molar-refractivity contribution >= 4 is 11.6 Å². The molecule has 132 valence electrons. The minimum atomic E-state index is 0.217. The smallest absolute Gasteiger partial charge is 0.155 e. The Labute approximate surface area is 146 Å². The first kappa shape index (κ1) is 16.5. The molecule has 0 bridgehead atoms. The molecule has 0 N–H and O–H groups in total. The molecule has 7 atom stereocenters. The zero-order valence-electron chi connectivity index (χ0n) is 15.7. The SMILES string of the molecule is CC(=O)[C@@H]1[C@H](C)C[C@@H]2[C@H]3CCC4=CC(=O)CC[C@]4(C)[C@@H]3CC[C@]21C. The first-order valence-electron chi connectivity index (χ1n) is 10.0. The van der Waals surface area contributed by atoms with Crippen molar-refractivity contribution in [1.82, 2.24) is 0 Å². The standard InChI is InChI=1S/C22H32O2/c1-13-11-19-17-6-5-15-12-16(24)7-9-21(15,3)18(17)8-10-22(19,4)20(13)14(2)23/h12-13,17-20H,5-11H2,1-4H3/t13-,17+,18-,19-,20+,21+,22-/m1/s1. The van der Waals surface area contributed by atoms with E-state index in [9.17, 15) is 9.59 Å². The minimum Gasteiger partial charge on any atom is -0.300 e. The number of hydrogen-bond donors (Lipinski definition) is 0. The van der Waals surface area contributed by atoms with Crippen molar-refractivity contribution in [3.63, 3.8) is 0 Å². The fraction of sp³-hybridized carbons (Fsp3) is 0.818. The van der Waals surface area contributed by atoms with Gasteiger partial charge in [-0.2, -0.15) is 0 Å². The van der Waals surface area contributed by atoms with Crippen molar-refractivity contribution in [2.45, 2.75) is 72.6 Å². The second kappa shape index (κ2) is 5.29. The third-order valence-electron chi connectivity index (χ3n) is 8.74. The summed E-state index contributed by atoms with van der Waals surface area (Å²) in [5.74, 6) is 3.74. The van der Waals surface area contributed by atoms with Crippen LogP contribution in [0.2, 0.25) is 0 Å². The summed E-state index contributed by atoms with van der Waals surface area (Å²) in [5.41, 5.74) is 1.90. The van der Waals surface area contributed by atoms with Gasteiger partial charge in [-0.3, -0.25) is 9.59 Å². The van der Waals surface area contributed by atoms with Gasteiger partial charge in [0, 0.05) is 12.3 Å². The van der Waals surface area contributed by atoms with E-state index in [1.807, 2.05) is 13.0 Å². The summed E-state index contributed by atoms with van der Waals surface area (Å²) in [6.45, 7) is 8.98. The molecule has 0 saturated heterocycles. The molecule has 3 saturated carbocycles. The highest BCUT2D eigenvalue weighted by Crippen LogP contribution is 2.67. The van der Waals surface area contributed by atoms with E-state index < -0.39 is 0 Å². The Morgan fingerprint density at radius 2 is 1.88 bits per heavy atom. The van der Waals surface area contributed by atoms with E-state index in [2.05, 4.69) is 20.8 Å². The monoisotopic (exact) mass is 328 g/mol. The van der Waals surface area contributed by atoms with Crippen LogP contribution in [0.4, 0.5) is 0 Å². The topological polar surface area (TPSA) is 34.1 Å². The molecular weight excluding hydrogens is 296 g/mol. The molecule has 24 heavy (non-hydrogen) atoms. The van der Waals surface area contributed by atoms with Crippen molar-refractivity contribution in [1.29, 1.82) is 0 Å². The number of rotatable bonds is 1. The van der Waals surface area contributed by atoms with Crippen molar-refractivity contribution < 1.29 is 9.59 Å². The summed E-state index contributed by atoms with van der Waals surface area (Å²) < 4.78 is 0. The van der Waals surface area contributed by atoms with Crippen molar-refractivity contribution in [3.05, 3.63) is 11.6 Å². The van der Waals surface area contributed by atoms with Gasteiger partial charge >= 0.3 is 0 Å². The lowest BCUT2D eigenvalue weighted by Gasteiger charge is -2.58. The molecule has 0 aliphatic heterocycles. The number of carbonyl (C=O) groups is 2. The number of fused-ring (bicyclic) bond motifs is 5. The van der Waals surface area contributed by atoms with Gasteiger partial charge in [0.15, 0.2) is 5.78 Å². The van der Waals surface area contributed by atoms with Gasteiger partial charge < -0.3 is 0 Å². The molecule has 0 heterocycles. The maximum absolute atomic E-state index is 12.4. The average molecular weight is 328 g/mol. The largest absolute Gasteiger partial charge is 0.300 e. The summed E-state index contributed by atoms with van der Waals surface area (Å²) in [7, 11) is 0. The van der Waals surface area contributed by atoms with Crippen molar-refractivity contribution in [3.8, 4) is 0 Å². The molecule has 4 aliphatic rings. The van der Waals surface area contributed by atoms with Crippen LogP contribution in [0.1, 0.15) is 72.6 Å². The molecule has 4 aliphatic carbocycles. The Morgan fingerprint density at radius 1 is 1.12 bits per heavy atom.